The highest BCUT2D eigenvalue weighted by molar-refractivity contribution is 5.49. The molecule has 23 heavy (non-hydrogen) atoms. The molecule has 2 rings (SSSR count). The fourth-order valence-corrected chi connectivity index (χ4v) is 2.56. The zero-order valence-corrected chi connectivity index (χ0v) is 15.5. The third kappa shape index (κ3) is 4.54. The van der Waals surface area contributed by atoms with E-state index in [0.29, 0.717) is 19.0 Å². The Kier molecular flexibility index (Phi) is 4.60. The third-order valence-electron chi connectivity index (χ3n) is 4.22. The van der Waals surface area contributed by atoms with Crippen molar-refractivity contribution in [2.75, 3.05) is 6.61 Å². The number of hydrogen-bond acceptors (Lipinski definition) is 4. The summed E-state index contributed by atoms with van der Waals surface area (Å²) in [5, 5.41) is 18.7. The van der Waals surface area contributed by atoms with Crippen molar-refractivity contribution >= 4 is 0 Å². The quantitative estimate of drug-likeness (QED) is 0.770. The summed E-state index contributed by atoms with van der Waals surface area (Å²) in [6, 6.07) is 4.14. The summed E-state index contributed by atoms with van der Waals surface area (Å²) in [6.45, 7) is 15.9. The van der Waals surface area contributed by atoms with Crippen LogP contribution in [0.4, 0.5) is 0 Å². The molecule has 1 aromatic carbocycles. The maximum Gasteiger partial charge on any atom is 0.190 e. The van der Waals surface area contributed by atoms with Gasteiger partial charge in [-0.1, -0.05) is 41.5 Å². The van der Waals surface area contributed by atoms with Crippen molar-refractivity contribution in [3.05, 3.63) is 28.8 Å². The highest BCUT2D eigenvalue weighted by Crippen LogP contribution is 2.40. The molecular weight excluding hydrogens is 288 g/mol. The van der Waals surface area contributed by atoms with Crippen LogP contribution in [0.25, 0.3) is 0 Å². The summed E-state index contributed by atoms with van der Waals surface area (Å²) >= 11 is 0. The van der Waals surface area contributed by atoms with Crippen molar-refractivity contribution in [2.45, 2.75) is 78.0 Å². The first-order valence-electron chi connectivity index (χ1n) is 8.31. The number of rotatable bonds is 5. The van der Waals surface area contributed by atoms with Crippen LogP contribution in [-0.2, 0) is 22.2 Å². The van der Waals surface area contributed by atoms with Crippen LogP contribution >= 0.6 is 0 Å². The summed E-state index contributed by atoms with van der Waals surface area (Å²) in [5.74, 6) is 0.414. The van der Waals surface area contributed by atoms with Crippen molar-refractivity contribution in [3.63, 3.8) is 0 Å². The zero-order chi connectivity index (χ0) is 17.5. The van der Waals surface area contributed by atoms with Crippen LogP contribution in [0, 0.1) is 0 Å². The molecule has 1 N–H and O–H groups in total. The molecule has 4 nitrogen and oxygen atoms in total. The summed E-state index contributed by atoms with van der Waals surface area (Å²) in [7, 11) is 0. The van der Waals surface area contributed by atoms with E-state index in [1.807, 2.05) is 6.92 Å². The summed E-state index contributed by atoms with van der Waals surface area (Å²) in [6.07, 6.45) is 0.823. The molecule has 0 aliphatic carbocycles. The number of ether oxygens (including phenoxy) is 1. The summed E-state index contributed by atoms with van der Waals surface area (Å²) in [5.41, 5.74) is 2.62. The van der Waals surface area contributed by atoms with Gasteiger partial charge in [-0.05, 0) is 46.6 Å². The number of aromatic hydroxyl groups is 1. The number of hydrogen-bond donors (Lipinski definition) is 1. The Labute approximate surface area is 140 Å². The number of phenolic OH excluding ortho intramolecular Hbond substituents is 1. The van der Waals surface area contributed by atoms with E-state index in [0.717, 1.165) is 23.1 Å². The van der Waals surface area contributed by atoms with Gasteiger partial charge in [-0.3, -0.25) is 0 Å². The fourth-order valence-electron chi connectivity index (χ4n) is 2.56. The lowest BCUT2D eigenvalue weighted by molar-refractivity contribution is 0.111. The second-order valence-electron chi connectivity index (χ2n) is 8.76. The predicted molar refractivity (Wildman–Crippen MR) is 93.0 cm³/mol. The van der Waals surface area contributed by atoms with E-state index < -0.39 is 0 Å². The fraction of sp³-hybridized carbons (Fsp3) is 0.684. The smallest absolute Gasteiger partial charge is 0.190 e. The molecule has 1 aromatic rings. The average Bonchev–Trinajstić information content (AvgIpc) is 3.11. The van der Waals surface area contributed by atoms with Gasteiger partial charge >= 0.3 is 0 Å². The van der Waals surface area contributed by atoms with E-state index in [2.05, 4.69) is 63.9 Å². The van der Waals surface area contributed by atoms with Gasteiger partial charge in [-0.15, -0.1) is 0 Å². The van der Waals surface area contributed by atoms with Crippen LogP contribution in [-0.4, -0.2) is 17.4 Å². The van der Waals surface area contributed by atoms with Crippen molar-refractivity contribution in [2.24, 2.45) is 10.2 Å². The maximum absolute atomic E-state index is 10.7. The Balaban J connectivity index is 2.18. The Morgan fingerprint density at radius 3 is 1.87 bits per heavy atom. The van der Waals surface area contributed by atoms with Gasteiger partial charge in [0.2, 0.25) is 0 Å². The number of nitrogens with zero attached hydrogens (tertiary/aromatic N) is 2. The standard InChI is InChI=1S/C19H30N2O2/c1-17(2,3)14-10-13(11-15(16(14)22)18(4,5)6)12-23-9-8-19(7)20-21-19/h10-11,22H,8-9,12H2,1-7H3. The zero-order valence-electron chi connectivity index (χ0n) is 15.5. The van der Waals surface area contributed by atoms with Gasteiger partial charge in [0, 0.05) is 6.42 Å². The molecule has 0 saturated heterocycles. The Morgan fingerprint density at radius 1 is 1.00 bits per heavy atom. The molecule has 0 bridgehead atoms. The highest BCUT2D eigenvalue weighted by atomic mass is 16.5. The Morgan fingerprint density at radius 2 is 1.48 bits per heavy atom. The molecule has 0 saturated carbocycles. The molecule has 1 aliphatic rings. The molecule has 0 unspecified atom stereocenters. The van der Waals surface area contributed by atoms with Crippen molar-refractivity contribution in [1.82, 2.24) is 0 Å². The van der Waals surface area contributed by atoms with Crippen LogP contribution in [0.2, 0.25) is 0 Å². The normalized spacial score (nSPS) is 16.7. The predicted octanol–water partition coefficient (Wildman–Crippen LogP) is 5.08. The van der Waals surface area contributed by atoms with Gasteiger partial charge in [-0.2, -0.15) is 10.2 Å². The highest BCUT2D eigenvalue weighted by Gasteiger charge is 2.33. The van der Waals surface area contributed by atoms with Crippen molar-refractivity contribution in [3.8, 4) is 5.75 Å². The SMILES string of the molecule is CC1(CCOCc2cc(C(C)(C)C)c(O)c(C(C)(C)C)c2)N=N1. The van der Waals surface area contributed by atoms with E-state index in [-0.39, 0.29) is 16.5 Å². The van der Waals surface area contributed by atoms with Gasteiger partial charge in [0.25, 0.3) is 0 Å². The summed E-state index contributed by atoms with van der Waals surface area (Å²) < 4.78 is 5.81. The maximum atomic E-state index is 10.7. The molecule has 0 aromatic heterocycles. The molecular formula is C19H30N2O2. The minimum absolute atomic E-state index is 0.112. The van der Waals surface area contributed by atoms with Crippen LogP contribution in [0.5, 0.6) is 5.75 Å². The van der Waals surface area contributed by atoms with Crippen LogP contribution in [0.3, 0.4) is 0 Å². The lowest BCUT2D eigenvalue weighted by Gasteiger charge is -2.28. The average molecular weight is 318 g/mol. The van der Waals surface area contributed by atoms with Crippen molar-refractivity contribution in [1.29, 1.82) is 0 Å². The molecule has 0 fully saturated rings. The second kappa shape index (κ2) is 5.90. The molecule has 1 aliphatic heterocycles. The van der Waals surface area contributed by atoms with Gasteiger partial charge in [0.15, 0.2) is 5.66 Å². The minimum atomic E-state index is -0.206. The van der Waals surface area contributed by atoms with E-state index >= 15 is 0 Å². The van der Waals surface area contributed by atoms with Gasteiger partial charge < -0.3 is 9.84 Å². The third-order valence-corrected chi connectivity index (χ3v) is 4.22. The first kappa shape index (κ1) is 17.9. The molecule has 4 heteroatoms. The monoisotopic (exact) mass is 318 g/mol. The number of phenols is 1. The lowest BCUT2D eigenvalue weighted by atomic mass is 9.78. The molecule has 128 valence electrons. The summed E-state index contributed by atoms with van der Waals surface area (Å²) in [4.78, 5) is 0. The molecule has 0 amide bonds. The molecule has 0 spiro atoms. The van der Waals surface area contributed by atoms with E-state index in [9.17, 15) is 5.11 Å². The molecule has 0 atom stereocenters. The van der Waals surface area contributed by atoms with Gasteiger partial charge in [0.1, 0.15) is 5.75 Å². The largest absolute Gasteiger partial charge is 0.507 e. The minimum Gasteiger partial charge on any atom is -0.507 e. The first-order valence-corrected chi connectivity index (χ1v) is 8.31. The van der Waals surface area contributed by atoms with E-state index in [1.54, 1.807) is 0 Å². The first-order chi connectivity index (χ1) is 10.4. The lowest BCUT2D eigenvalue weighted by Crippen LogP contribution is -2.18. The van der Waals surface area contributed by atoms with Crippen LogP contribution < -0.4 is 0 Å². The Bertz CT molecular complexity index is 566. The van der Waals surface area contributed by atoms with E-state index in [1.165, 1.54) is 0 Å². The van der Waals surface area contributed by atoms with Gasteiger partial charge in [-0.25, -0.2) is 0 Å². The van der Waals surface area contributed by atoms with Crippen molar-refractivity contribution < 1.29 is 9.84 Å². The molecule has 0 radical (unpaired) electrons. The van der Waals surface area contributed by atoms with Crippen LogP contribution in [0.15, 0.2) is 22.4 Å². The topological polar surface area (TPSA) is 54.2 Å². The Hall–Kier alpha value is -1.42. The number of benzene rings is 1. The molecule has 1 heterocycles. The second-order valence-corrected chi connectivity index (χ2v) is 8.76. The van der Waals surface area contributed by atoms with Gasteiger partial charge in [0.05, 0.1) is 13.2 Å². The van der Waals surface area contributed by atoms with E-state index in [4.69, 9.17) is 4.74 Å². The van der Waals surface area contributed by atoms with Crippen LogP contribution in [0.1, 0.15) is 71.6 Å².